The van der Waals surface area contributed by atoms with E-state index in [2.05, 4.69) is 21.4 Å². The van der Waals surface area contributed by atoms with Gasteiger partial charge in [-0.15, -0.1) is 0 Å². The van der Waals surface area contributed by atoms with Crippen LogP contribution in [0.5, 0.6) is 0 Å². The molecule has 4 nitrogen and oxygen atoms in total. The number of imidazole rings is 1. The van der Waals surface area contributed by atoms with Crippen LogP contribution in [0, 0.1) is 5.92 Å². The molecule has 0 unspecified atom stereocenters. The fraction of sp³-hybridized carbons (Fsp3) is 0.667. The van der Waals surface area contributed by atoms with Gasteiger partial charge in [0.1, 0.15) is 0 Å². The summed E-state index contributed by atoms with van der Waals surface area (Å²) in [5.41, 5.74) is 5.57. The Labute approximate surface area is 78.4 Å². The molecule has 0 radical (unpaired) electrons. The molecule has 1 fully saturated rings. The van der Waals surface area contributed by atoms with Gasteiger partial charge < -0.3 is 15.2 Å². The van der Waals surface area contributed by atoms with Gasteiger partial charge in [-0.2, -0.15) is 0 Å². The topological polar surface area (TPSA) is 47.1 Å². The summed E-state index contributed by atoms with van der Waals surface area (Å²) in [6.07, 6.45) is 3.87. The first-order chi connectivity index (χ1) is 6.35. The van der Waals surface area contributed by atoms with Gasteiger partial charge in [0.25, 0.3) is 0 Å². The highest BCUT2D eigenvalue weighted by molar-refractivity contribution is 5.35. The number of aryl methyl sites for hydroxylation is 1. The van der Waals surface area contributed by atoms with E-state index in [1.165, 1.54) is 0 Å². The predicted octanol–water partition coefficient (Wildman–Crippen LogP) is 0.298. The van der Waals surface area contributed by atoms with Crippen LogP contribution < -0.4 is 10.6 Å². The second-order valence-electron chi connectivity index (χ2n) is 3.52. The van der Waals surface area contributed by atoms with Crippen molar-refractivity contribution in [2.75, 3.05) is 24.5 Å². The van der Waals surface area contributed by atoms with E-state index >= 15 is 0 Å². The minimum atomic E-state index is 0.669. The first-order valence-corrected chi connectivity index (χ1v) is 4.81. The largest absolute Gasteiger partial charge is 0.341 e. The molecule has 4 heteroatoms. The molecule has 0 spiro atoms. The van der Waals surface area contributed by atoms with Crippen LogP contribution in [0.1, 0.15) is 6.92 Å². The van der Waals surface area contributed by atoms with Gasteiger partial charge in [-0.3, -0.25) is 0 Å². The molecule has 1 saturated heterocycles. The zero-order valence-electron chi connectivity index (χ0n) is 7.98. The third kappa shape index (κ3) is 1.42. The van der Waals surface area contributed by atoms with Crippen molar-refractivity contribution >= 4 is 5.95 Å². The molecule has 2 heterocycles. The molecular weight excluding hydrogens is 164 g/mol. The van der Waals surface area contributed by atoms with Crippen molar-refractivity contribution in [2.45, 2.75) is 13.5 Å². The van der Waals surface area contributed by atoms with Gasteiger partial charge in [0.15, 0.2) is 0 Å². The Morgan fingerprint density at radius 3 is 3.00 bits per heavy atom. The maximum Gasteiger partial charge on any atom is 0.205 e. The molecule has 1 aliphatic rings. The Bertz CT molecular complexity index is 275. The van der Waals surface area contributed by atoms with Crippen LogP contribution in [-0.4, -0.2) is 29.2 Å². The monoisotopic (exact) mass is 180 g/mol. The van der Waals surface area contributed by atoms with E-state index in [1.54, 1.807) is 0 Å². The van der Waals surface area contributed by atoms with Gasteiger partial charge in [-0.05, 0) is 13.5 Å². The summed E-state index contributed by atoms with van der Waals surface area (Å²) < 4.78 is 2.16. The molecule has 13 heavy (non-hydrogen) atoms. The van der Waals surface area contributed by atoms with Gasteiger partial charge in [0.05, 0.1) is 0 Å². The molecule has 0 aromatic carbocycles. The smallest absolute Gasteiger partial charge is 0.205 e. The summed E-state index contributed by atoms with van der Waals surface area (Å²) in [5.74, 6) is 1.76. The fourth-order valence-electron chi connectivity index (χ4n) is 1.71. The highest BCUT2D eigenvalue weighted by Crippen LogP contribution is 2.21. The molecule has 1 aliphatic heterocycles. The third-order valence-electron chi connectivity index (χ3n) is 2.61. The van der Waals surface area contributed by atoms with Crippen molar-refractivity contribution in [1.29, 1.82) is 0 Å². The number of anilines is 1. The lowest BCUT2D eigenvalue weighted by molar-refractivity contribution is 0.408. The molecule has 0 amide bonds. The summed E-state index contributed by atoms with van der Waals surface area (Å²) in [7, 11) is 0. The van der Waals surface area contributed by atoms with E-state index in [1.807, 2.05) is 12.4 Å². The number of aromatic nitrogens is 2. The average Bonchev–Trinajstić information content (AvgIpc) is 2.50. The van der Waals surface area contributed by atoms with Crippen LogP contribution in [0.2, 0.25) is 0 Å². The first-order valence-electron chi connectivity index (χ1n) is 4.81. The Hall–Kier alpha value is -1.03. The summed E-state index contributed by atoms with van der Waals surface area (Å²) in [6, 6.07) is 0. The maximum absolute atomic E-state index is 5.57. The Balaban J connectivity index is 2.02. The minimum absolute atomic E-state index is 0.669. The number of nitrogens with zero attached hydrogens (tertiary/aromatic N) is 3. The Kier molecular flexibility index (Phi) is 2.22. The summed E-state index contributed by atoms with van der Waals surface area (Å²) in [4.78, 5) is 6.60. The third-order valence-corrected chi connectivity index (χ3v) is 2.61. The van der Waals surface area contributed by atoms with Crippen molar-refractivity contribution in [3.05, 3.63) is 12.4 Å². The maximum atomic E-state index is 5.57. The lowest BCUT2D eigenvalue weighted by Crippen LogP contribution is -2.51. The van der Waals surface area contributed by atoms with Crippen LogP contribution in [0.4, 0.5) is 5.95 Å². The Morgan fingerprint density at radius 2 is 2.38 bits per heavy atom. The van der Waals surface area contributed by atoms with E-state index < -0.39 is 0 Å². The summed E-state index contributed by atoms with van der Waals surface area (Å²) in [5, 5.41) is 0. The number of hydrogen-bond acceptors (Lipinski definition) is 3. The highest BCUT2D eigenvalue weighted by Gasteiger charge is 2.27. The standard InChI is InChI=1S/C9H16N4/c1-2-12-4-3-11-9(12)13-6-8(5-10)7-13/h3-4,8H,2,5-7,10H2,1H3. The van der Waals surface area contributed by atoms with Crippen LogP contribution in [0.15, 0.2) is 12.4 Å². The van der Waals surface area contributed by atoms with Gasteiger partial charge in [0, 0.05) is 37.9 Å². The lowest BCUT2D eigenvalue weighted by atomic mass is 10.0. The normalized spacial score (nSPS) is 17.5. The quantitative estimate of drug-likeness (QED) is 0.727. The molecule has 0 aliphatic carbocycles. The predicted molar refractivity (Wildman–Crippen MR) is 52.7 cm³/mol. The lowest BCUT2D eigenvalue weighted by Gasteiger charge is -2.39. The average molecular weight is 180 g/mol. The van der Waals surface area contributed by atoms with Crippen LogP contribution >= 0.6 is 0 Å². The van der Waals surface area contributed by atoms with Crippen molar-refractivity contribution in [3.63, 3.8) is 0 Å². The SMILES string of the molecule is CCn1ccnc1N1CC(CN)C1. The molecule has 72 valence electrons. The molecular formula is C9H16N4. The highest BCUT2D eigenvalue weighted by atomic mass is 15.3. The first kappa shape index (κ1) is 8.56. The fourth-order valence-corrected chi connectivity index (χ4v) is 1.71. The number of nitrogens with two attached hydrogens (primary N) is 1. The second kappa shape index (κ2) is 3.38. The summed E-state index contributed by atoms with van der Waals surface area (Å²) in [6.45, 7) is 6.04. The van der Waals surface area contributed by atoms with E-state index in [9.17, 15) is 0 Å². The van der Waals surface area contributed by atoms with Crippen molar-refractivity contribution in [2.24, 2.45) is 11.7 Å². The molecule has 0 atom stereocenters. The van der Waals surface area contributed by atoms with Crippen molar-refractivity contribution < 1.29 is 0 Å². The van der Waals surface area contributed by atoms with E-state index in [0.29, 0.717) is 5.92 Å². The minimum Gasteiger partial charge on any atom is -0.341 e. The Morgan fingerprint density at radius 1 is 1.62 bits per heavy atom. The van der Waals surface area contributed by atoms with Gasteiger partial charge >= 0.3 is 0 Å². The molecule has 0 bridgehead atoms. The molecule has 2 N–H and O–H groups in total. The van der Waals surface area contributed by atoms with Crippen LogP contribution in [0.25, 0.3) is 0 Å². The number of hydrogen-bond donors (Lipinski definition) is 1. The zero-order valence-corrected chi connectivity index (χ0v) is 7.98. The van der Waals surface area contributed by atoms with Crippen LogP contribution in [-0.2, 0) is 6.54 Å². The zero-order chi connectivity index (χ0) is 9.26. The van der Waals surface area contributed by atoms with E-state index in [4.69, 9.17) is 5.73 Å². The number of rotatable bonds is 3. The van der Waals surface area contributed by atoms with Crippen LogP contribution in [0.3, 0.4) is 0 Å². The molecule has 1 aromatic rings. The second-order valence-corrected chi connectivity index (χ2v) is 3.52. The van der Waals surface area contributed by atoms with E-state index in [-0.39, 0.29) is 0 Å². The van der Waals surface area contributed by atoms with Crippen molar-refractivity contribution in [1.82, 2.24) is 9.55 Å². The van der Waals surface area contributed by atoms with Crippen molar-refractivity contribution in [3.8, 4) is 0 Å². The van der Waals surface area contributed by atoms with Gasteiger partial charge in [-0.1, -0.05) is 0 Å². The summed E-state index contributed by atoms with van der Waals surface area (Å²) >= 11 is 0. The molecule has 2 rings (SSSR count). The van der Waals surface area contributed by atoms with E-state index in [0.717, 1.165) is 32.1 Å². The molecule has 1 aromatic heterocycles. The molecule has 0 saturated carbocycles. The van der Waals surface area contributed by atoms with Gasteiger partial charge in [0.2, 0.25) is 5.95 Å². The van der Waals surface area contributed by atoms with Gasteiger partial charge in [-0.25, -0.2) is 4.98 Å².